The van der Waals surface area contributed by atoms with Gasteiger partial charge in [0.25, 0.3) is 0 Å². The van der Waals surface area contributed by atoms with E-state index in [1.165, 1.54) is 90.2 Å². The summed E-state index contributed by atoms with van der Waals surface area (Å²) in [5.74, 6) is -1.84. The molecule has 2 aliphatic carbocycles. The van der Waals surface area contributed by atoms with Crippen LogP contribution in [0.2, 0.25) is 0 Å². The van der Waals surface area contributed by atoms with E-state index in [1.807, 2.05) is 74.5 Å². The highest BCUT2D eigenvalue weighted by atomic mass is 32.2. The van der Waals surface area contributed by atoms with Crippen molar-refractivity contribution in [1.82, 2.24) is 31.9 Å². The lowest BCUT2D eigenvalue weighted by Gasteiger charge is -2.35. The Kier molecular flexibility index (Phi) is 33.0. The van der Waals surface area contributed by atoms with Gasteiger partial charge in [-0.2, -0.15) is 17.2 Å². The number of carboxylic acids is 2. The molecule has 139 heavy (non-hydrogen) atoms. The first-order valence-electron chi connectivity index (χ1n) is 48.0. The minimum absolute atomic E-state index is 0.0145. The number of carboxylic acid groups (broad SMARTS) is 2. The quantitative estimate of drug-likeness (QED) is 0.0203. The molecule has 0 unspecified atom stereocenters. The molecule has 35 heteroatoms. The number of rotatable bonds is 28. The van der Waals surface area contributed by atoms with E-state index >= 15 is 0 Å². The van der Waals surface area contributed by atoms with E-state index in [0.717, 1.165) is 192 Å². The second-order valence-corrected chi connectivity index (χ2v) is 46.1. The van der Waals surface area contributed by atoms with Gasteiger partial charge in [-0.15, -0.1) is 0 Å². The second-order valence-electron chi connectivity index (χ2n) is 38.5. The number of carbonyl (C=O) groups is 3. The highest BCUT2D eigenvalue weighted by molar-refractivity contribution is 7.90. The van der Waals surface area contributed by atoms with Gasteiger partial charge in [0.05, 0.1) is 6.10 Å². The van der Waals surface area contributed by atoms with Gasteiger partial charge in [-0.05, 0) is 312 Å². The van der Waals surface area contributed by atoms with Crippen molar-refractivity contribution in [3.8, 4) is 23.0 Å². The number of aryl methyl sites for hydroxylation is 4. The van der Waals surface area contributed by atoms with Crippen LogP contribution in [-0.2, 0) is 113 Å². The third kappa shape index (κ3) is 25.7. The maximum absolute atomic E-state index is 13.2. The molecule has 9 aromatic rings. The van der Waals surface area contributed by atoms with E-state index in [1.54, 1.807) is 43.0 Å². The van der Waals surface area contributed by atoms with Crippen LogP contribution < -0.4 is 21.3 Å². The van der Waals surface area contributed by atoms with Crippen molar-refractivity contribution in [3.63, 3.8) is 0 Å². The summed E-state index contributed by atoms with van der Waals surface area (Å²) in [6.45, 7) is 16.1. The molecular weight excluding hydrogens is 1850 g/mol. The Morgan fingerprint density at radius 2 is 0.662 bits per heavy atom. The number of aliphatic hydroxyl groups is 3. The van der Waals surface area contributed by atoms with Crippen LogP contribution in [0.15, 0.2) is 207 Å². The van der Waals surface area contributed by atoms with Crippen molar-refractivity contribution in [1.29, 1.82) is 0 Å². The lowest BCUT2D eigenvalue weighted by Crippen LogP contribution is -2.46. The summed E-state index contributed by atoms with van der Waals surface area (Å²) >= 11 is 0. The minimum atomic E-state index is -3.85. The average molecular weight is 1980 g/mol. The maximum Gasteiger partial charge on any atom is 0.303 e. The van der Waals surface area contributed by atoms with Crippen LogP contribution in [0, 0.1) is 33.6 Å². The largest absolute Gasteiger partial charge is 0.507 e. The second kappa shape index (κ2) is 44.8. The summed E-state index contributed by atoms with van der Waals surface area (Å²) in [6.07, 6.45) is 11.7. The number of hydrogen-bond donors (Lipinski definition) is 13. The molecule has 0 bridgehead atoms. The van der Waals surface area contributed by atoms with Crippen LogP contribution in [0.3, 0.4) is 0 Å². The molecule has 0 aromatic heterocycles. The maximum atomic E-state index is 13.2. The van der Waals surface area contributed by atoms with E-state index in [9.17, 15) is 83.8 Å². The number of nitrogens with one attached hydrogen (secondary N) is 4. The molecule has 1 saturated carbocycles. The Bertz CT molecular complexity index is 6440. The number of hydrogen-bond acceptors (Lipinski definition) is 24. The summed E-state index contributed by atoms with van der Waals surface area (Å²) in [6, 6.07) is 54.5. The molecular formula is C104H129N11O20S4. The fourth-order valence-corrected chi connectivity index (χ4v) is 25.9. The van der Waals surface area contributed by atoms with E-state index in [0.29, 0.717) is 82.2 Å². The number of unbranched alkanes of at least 4 members (excludes halogenated alkanes) is 1. The number of aliphatic carboxylic acids is 2. The topological polar surface area (TPSA) is 441 Å². The third-order valence-corrected chi connectivity index (χ3v) is 35.3. The zero-order chi connectivity index (χ0) is 98.8. The standard InChI is InChI=1S/C28H32N2O3S.C27H33N3O7S.C25H33N3O5S.C24H31N3O5S/c1-20-7-14-28(27(31)15-20)34(32,33)30-18-23-10-13-26(17-24(23)19-30)29-25-11-8-22(9-12-25)16-21-5-3-2-4-6-21;1-16-2-5-25(22(31)10-16)38(36,37)30-14-17-3-4-21(11-19(17)15-30)28-20-6-8-29(9-7-20)27(35)18-12-23(32)26(34)24(33)13-18;1-18-5-8-24(23(29)14-18)34(32,33)28-16-19-6-7-22(15-20(19)17-28)26-21-9-12-27(13-10-21)11-3-2-4-25(30)31;1-17-4-7-23(22(28)13-17)33(31,32)27-15-18-5-6-21(14-19(18)16-27)25-20-8-11-26(12-9-20)10-2-3-24(29)30/h2-7,10,13-15,17,22,25,29,31H,8-9,11-12,16,18-19H2,1H3;2-5,10-12,20,23-24,26,28,31-34H,6-9,13-15H2,1H3;5-8,14-15,21,26,29H,2-4,9-13,16-17H2,1H3,(H,30,31);4-7,13-14,20,25,28H,2-3,8-12,15-16H2,1H3,(H,29,30)/t;23-,24-,26-;;/m.1../s1. The number of piperidine rings is 3. The zero-order valence-electron chi connectivity index (χ0n) is 79.1. The molecule has 0 radical (unpaired) electrons. The van der Waals surface area contributed by atoms with Crippen LogP contribution in [-0.4, -0.2) is 224 Å². The van der Waals surface area contributed by atoms with Gasteiger partial charge in [0.1, 0.15) is 54.8 Å². The number of phenols is 4. The van der Waals surface area contributed by atoms with Crippen molar-refractivity contribution in [2.24, 2.45) is 5.92 Å². The van der Waals surface area contributed by atoms with Gasteiger partial charge >= 0.3 is 11.9 Å². The number of sulfonamides is 4. The Labute approximate surface area is 815 Å². The highest BCUT2D eigenvalue weighted by Crippen LogP contribution is 2.42. The number of benzene rings is 9. The molecule has 13 N–H and O–H groups in total. The fourth-order valence-electron chi connectivity index (χ4n) is 20.0. The van der Waals surface area contributed by atoms with E-state index in [2.05, 4.69) is 73.5 Å². The Hall–Kier alpha value is -11.0. The predicted octanol–water partition coefficient (Wildman–Crippen LogP) is 13.5. The third-order valence-electron chi connectivity index (χ3n) is 28.0. The predicted molar refractivity (Wildman–Crippen MR) is 531 cm³/mol. The number of anilines is 4. The molecule has 9 aromatic carbocycles. The Morgan fingerprint density at radius 1 is 0.353 bits per heavy atom. The smallest absolute Gasteiger partial charge is 0.303 e. The number of nitrogens with zero attached hydrogens (tertiary/aromatic N) is 7. The molecule has 3 atom stereocenters. The summed E-state index contributed by atoms with van der Waals surface area (Å²) in [4.78, 5) is 40.3. The first-order valence-corrected chi connectivity index (χ1v) is 53.8. The summed E-state index contributed by atoms with van der Waals surface area (Å²) < 4.78 is 111. The highest BCUT2D eigenvalue weighted by Gasteiger charge is 2.40. The number of aliphatic hydroxyl groups excluding tert-OH is 3. The normalized spacial score (nSPS) is 20.3. The van der Waals surface area contributed by atoms with Crippen molar-refractivity contribution in [3.05, 3.63) is 260 Å². The average Bonchev–Trinajstić information content (AvgIpc) is 1.64. The van der Waals surface area contributed by atoms with Crippen molar-refractivity contribution >= 4 is 80.7 Å². The lowest BCUT2D eigenvalue weighted by molar-refractivity contribution is -0.138. The van der Waals surface area contributed by atoms with Crippen molar-refractivity contribution in [2.75, 3.05) is 73.6 Å². The number of likely N-dealkylation sites (tertiary alicyclic amines) is 3. The number of fused-ring (bicyclic) bond motifs is 4. The fraction of sp³-hybridized carbons (Fsp3) is 0.433. The SMILES string of the molecule is Cc1ccc(S(=O)(=O)N2Cc3ccc(NC4CCC(Cc5ccccc5)CC4)cc3C2)c(O)c1.Cc1ccc(S(=O)(=O)N2Cc3ccc(NC4CCN(C(=O)C5=C[C@@H](O)[C@@H](O)[C@H](O)C5)CC4)cc3C2)c(O)c1.Cc1ccc(S(=O)(=O)N2Cc3ccc(NC4CCN(CCCC(=O)O)CC4)cc3C2)c(O)c1.Cc1ccc(S(=O)(=O)N2Cc3ccc(NC4CCN(CCCCC(=O)O)CC4)cc3C2)c(O)c1. The molecule has 1 amide bonds. The van der Waals surface area contributed by atoms with Gasteiger partial charge in [-0.3, -0.25) is 14.4 Å². The number of phenolic OH excluding ortho intramolecular Hbond substituents is 4. The summed E-state index contributed by atoms with van der Waals surface area (Å²) in [5, 5.41) is 102. The van der Waals surface area contributed by atoms with Crippen molar-refractivity contribution in [2.45, 2.75) is 251 Å². The number of amides is 1. The first kappa shape index (κ1) is 102. The molecule has 3 saturated heterocycles. The molecule has 7 aliphatic heterocycles. The molecule has 0 spiro atoms. The Morgan fingerprint density at radius 3 is 0.986 bits per heavy atom. The van der Waals surface area contributed by atoms with Gasteiger partial charge in [0, 0.05) is 163 Å². The molecule has 744 valence electrons. The van der Waals surface area contributed by atoms with Crippen molar-refractivity contribution < 1.29 is 94.0 Å². The molecule has 18 rings (SSSR count). The zero-order valence-corrected chi connectivity index (χ0v) is 82.3. The summed E-state index contributed by atoms with van der Waals surface area (Å²) in [7, 11) is -15.2. The minimum Gasteiger partial charge on any atom is -0.507 e. The van der Waals surface area contributed by atoms with Crippen LogP contribution >= 0.6 is 0 Å². The monoisotopic (exact) mass is 1980 g/mol. The number of carbonyl (C=O) groups excluding carboxylic acids is 1. The molecule has 9 aliphatic rings. The Balaban J connectivity index is 0.000000141. The van der Waals surface area contributed by atoms with E-state index in [-0.39, 0.29) is 100.0 Å². The van der Waals surface area contributed by atoms with Crippen LogP contribution in [0.4, 0.5) is 22.7 Å². The molecule has 7 heterocycles. The lowest BCUT2D eigenvalue weighted by atomic mass is 9.82. The number of aromatic hydroxyl groups is 4. The van der Waals surface area contributed by atoms with Crippen LogP contribution in [0.1, 0.15) is 175 Å². The molecule has 31 nitrogen and oxygen atoms in total. The van der Waals surface area contributed by atoms with E-state index in [4.69, 9.17) is 10.2 Å². The molecule has 4 fully saturated rings. The first-order chi connectivity index (χ1) is 66.3. The van der Waals surface area contributed by atoms with Crippen LogP contribution in [0.5, 0.6) is 23.0 Å². The van der Waals surface area contributed by atoms with Gasteiger partial charge < -0.3 is 81.9 Å². The summed E-state index contributed by atoms with van der Waals surface area (Å²) in [5.41, 5.74) is 16.7. The van der Waals surface area contributed by atoms with Gasteiger partial charge in [-0.25, -0.2) is 33.7 Å². The van der Waals surface area contributed by atoms with Gasteiger partial charge in [0.2, 0.25) is 46.0 Å². The van der Waals surface area contributed by atoms with Crippen LogP contribution in [0.25, 0.3) is 0 Å². The van der Waals surface area contributed by atoms with E-state index < -0.39 is 70.3 Å². The van der Waals surface area contributed by atoms with Gasteiger partial charge in [0.15, 0.2) is 0 Å². The van der Waals surface area contributed by atoms with Gasteiger partial charge in [-0.1, -0.05) is 78.9 Å².